The molecule has 1 saturated carbocycles. The van der Waals surface area contributed by atoms with Gasteiger partial charge in [0.25, 0.3) is 0 Å². The summed E-state index contributed by atoms with van der Waals surface area (Å²) in [5.74, 6) is 0.965. The van der Waals surface area contributed by atoms with Crippen LogP contribution in [0.1, 0.15) is 52.9 Å². The summed E-state index contributed by atoms with van der Waals surface area (Å²) in [5.41, 5.74) is 2.07. The molecule has 0 atom stereocenters. The van der Waals surface area contributed by atoms with Crippen LogP contribution in [0.3, 0.4) is 0 Å². The van der Waals surface area contributed by atoms with Crippen LogP contribution in [-0.4, -0.2) is 5.78 Å². The Morgan fingerprint density at radius 3 is 2.55 bits per heavy atom. The monoisotopic (exact) mass is 284 g/mol. The average molecular weight is 284 g/mol. The van der Waals surface area contributed by atoms with Crippen molar-refractivity contribution in [3.05, 3.63) is 57.8 Å². The Bertz CT molecular complexity index is 564. The summed E-state index contributed by atoms with van der Waals surface area (Å²) in [6.07, 6.45) is 7.84. The van der Waals surface area contributed by atoms with E-state index < -0.39 is 0 Å². The molecule has 0 radical (unpaired) electrons. The quantitative estimate of drug-likeness (QED) is 0.714. The van der Waals surface area contributed by atoms with Gasteiger partial charge in [-0.05, 0) is 29.3 Å². The van der Waals surface area contributed by atoms with Gasteiger partial charge in [-0.3, -0.25) is 4.79 Å². The molecule has 0 unspecified atom stereocenters. The van der Waals surface area contributed by atoms with Crippen LogP contribution >= 0.6 is 11.3 Å². The molecular formula is C18H20OS. The van der Waals surface area contributed by atoms with E-state index in [4.69, 9.17) is 0 Å². The van der Waals surface area contributed by atoms with Crippen LogP contribution in [0.25, 0.3) is 0 Å². The number of thiophene rings is 1. The number of carbonyl (C=O) groups excluding carboxylic acids is 1. The summed E-state index contributed by atoms with van der Waals surface area (Å²) >= 11 is 1.59. The van der Waals surface area contributed by atoms with Gasteiger partial charge in [0.1, 0.15) is 0 Å². The molecule has 1 heterocycles. The average Bonchev–Trinajstić information content (AvgIpc) is 2.96. The predicted octanol–water partition coefficient (Wildman–Crippen LogP) is 5.10. The smallest absolute Gasteiger partial charge is 0.203 e. The molecule has 3 rings (SSSR count). The van der Waals surface area contributed by atoms with Gasteiger partial charge in [0.2, 0.25) is 5.78 Å². The number of carbonyl (C=O) groups is 1. The zero-order valence-corrected chi connectivity index (χ0v) is 12.5. The number of hydrogen-bond donors (Lipinski definition) is 0. The molecule has 104 valence electrons. The van der Waals surface area contributed by atoms with Gasteiger partial charge in [-0.2, -0.15) is 0 Å². The summed E-state index contributed by atoms with van der Waals surface area (Å²) in [7, 11) is 0. The topological polar surface area (TPSA) is 17.1 Å². The summed E-state index contributed by atoms with van der Waals surface area (Å²) in [4.78, 5) is 13.5. The lowest BCUT2D eigenvalue weighted by atomic mass is 9.84. The minimum atomic E-state index is 0.186. The van der Waals surface area contributed by atoms with Crippen LogP contribution in [0.2, 0.25) is 0 Å². The lowest BCUT2D eigenvalue weighted by Crippen LogP contribution is -2.11. The third-order valence-electron chi connectivity index (χ3n) is 4.22. The van der Waals surface area contributed by atoms with Crippen molar-refractivity contribution in [2.45, 2.75) is 38.5 Å². The minimum absolute atomic E-state index is 0.186. The molecule has 1 fully saturated rings. The second-order valence-corrected chi connectivity index (χ2v) is 6.59. The molecule has 2 aromatic rings. The largest absolute Gasteiger partial charge is 0.288 e. The van der Waals surface area contributed by atoms with E-state index in [1.807, 2.05) is 30.3 Å². The van der Waals surface area contributed by atoms with Crippen LogP contribution in [0.4, 0.5) is 0 Å². The summed E-state index contributed by atoms with van der Waals surface area (Å²) in [6.45, 7) is 0. The van der Waals surface area contributed by atoms with Crippen LogP contribution < -0.4 is 0 Å². The highest BCUT2D eigenvalue weighted by Crippen LogP contribution is 2.30. The first kappa shape index (κ1) is 13.6. The highest BCUT2D eigenvalue weighted by Gasteiger charge is 2.19. The normalized spacial score (nSPS) is 16.2. The number of rotatable bonds is 4. The molecule has 1 aliphatic carbocycles. The van der Waals surface area contributed by atoms with E-state index in [0.717, 1.165) is 22.8 Å². The van der Waals surface area contributed by atoms with Crippen molar-refractivity contribution in [2.24, 2.45) is 5.92 Å². The standard InChI is InChI=1S/C18H20OS/c19-17(15-9-5-2-6-10-15)18-16(11-12-20-18)13-14-7-3-1-4-8-14/h2,5-6,9-12,14H,1,3-4,7-8,13H2. The molecule has 1 aliphatic rings. The van der Waals surface area contributed by atoms with Gasteiger partial charge in [0, 0.05) is 5.56 Å². The van der Waals surface area contributed by atoms with Crippen molar-refractivity contribution in [2.75, 3.05) is 0 Å². The van der Waals surface area contributed by atoms with Crippen LogP contribution in [0.5, 0.6) is 0 Å². The van der Waals surface area contributed by atoms with Crippen molar-refractivity contribution in [1.29, 1.82) is 0 Å². The molecule has 1 aromatic heterocycles. The Morgan fingerprint density at radius 2 is 1.80 bits per heavy atom. The minimum Gasteiger partial charge on any atom is -0.288 e. The van der Waals surface area contributed by atoms with Crippen molar-refractivity contribution in [3.63, 3.8) is 0 Å². The fourth-order valence-electron chi connectivity index (χ4n) is 3.12. The second-order valence-electron chi connectivity index (χ2n) is 5.68. The second kappa shape index (κ2) is 6.36. The van der Waals surface area contributed by atoms with Crippen molar-refractivity contribution >= 4 is 17.1 Å². The van der Waals surface area contributed by atoms with Gasteiger partial charge in [-0.25, -0.2) is 0 Å². The first-order valence-electron chi connectivity index (χ1n) is 7.50. The Kier molecular flexibility index (Phi) is 4.31. The molecule has 20 heavy (non-hydrogen) atoms. The van der Waals surface area contributed by atoms with Gasteiger partial charge in [0.05, 0.1) is 4.88 Å². The van der Waals surface area contributed by atoms with E-state index in [-0.39, 0.29) is 5.78 Å². The van der Waals surface area contributed by atoms with E-state index in [0.29, 0.717) is 0 Å². The van der Waals surface area contributed by atoms with Gasteiger partial charge < -0.3 is 0 Å². The predicted molar refractivity (Wildman–Crippen MR) is 84.5 cm³/mol. The maximum Gasteiger partial charge on any atom is 0.203 e. The molecule has 1 aromatic carbocycles. The van der Waals surface area contributed by atoms with Gasteiger partial charge in [-0.15, -0.1) is 11.3 Å². The van der Waals surface area contributed by atoms with E-state index in [1.165, 1.54) is 37.7 Å². The highest BCUT2D eigenvalue weighted by atomic mass is 32.1. The molecule has 0 N–H and O–H groups in total. The molecular weight excluding hydrogens is 264 g/mol. The zero-order chi connectivity index (χ0) is 13.8. The number of hydrogen-bond acceptors (Lipinski definition) is 2. The molecule has 1 nitrogen and oxygen atoms in total. The van der Waals surface area contributed by atoms with E-state index in [1.54, 1.807) is 11.3 Å². The van der Waals surface area contributed by atoms with E-state index in [2.05, 4.69) is 11.4 Å². The molecule has 0 aliphatic heterocycles. The lowest BCUT2D eigenvalue weighted by molar-refractivity contribution is 0.104. The van der Waals surface area contributed by atoms with Crippen molar-refractivity contribution in [1.82, 2.24) is 0 Å². The van der Waals surface area contributed by atoms with Gasteiger partial charge >= 0.3 is 0 Å². The van der Waals surface area contributed by atoms with E-state index >= 15 is 0 Å². The fourth-order valence-corrected chi connectivity index (χ4v) is 4.01. The molecule has 0 spiro atoms. The summed E-state index contributed by atoms with van der Waals surface area (Å²) < 4.78 is 0. The Hall–Kier alpha value is -1.41. The Morgan fingerprint density at radius 1 is 1.05 bits per heavy atom. The summed E-state index contributed by atoms with van der Waals surface area (Å²) in [5, 5.41) is 2.06. The third-order valence-corrected chi connectivity index (χ3v) is 5.18. The van der Waals surface area contributed by atoms with Crippen LogP contribution in [-0.2, 0) is 6.42 Å². The molecule has 2 heteroatoms. The molecule has 0 saturated heterocycles. The summed E-state index contributed by atoms with van der Waals surface area (Å²) in [6, 6.07) is 11.8. The van der Waals surface area contributed by atoms with Crippen LogP contribution in [0, 0.1) is 5.92 Å². The van der Waals surface area contributed by atoms with Crippen LogP contribution in [0.15, 0.2) is 41.8 Å². The third kappa shape index (κ3) is 3.01. The maximum absolute atomic E-state index is 12.6. The number of ketones is 1. The fraction of sp³-hybridized carbons (Fsp3) is 0.389. The lowest BCUT2D eigenvalue weighted by Gasteiger charge is -2.21. The van der Waals surface area contributed by atoms with Crippen molar-refractivity contribution in [3.8, 4) is 0 Å². The van der Waals surface area contributed by atoms with Gasteiger partial charge in [0.15, 0.2) is 0 Å². The van der Waals surface area contributed by atoms with Gasteiger partial charge in [-0.1, -0.05) is 62.4 Å². The Labute approximate surface area is 124 Å². The Balaban J connectivity index is 1.77. The maximum atomic E-state index is 12.6. The first-order valence-corrected chi connectivity index (χ1v) is 8.38. The van der Waals surface area contributed by atoms with E-state index in [9.17, 15) is 4.79 Å². The van der Waals surface area contributed by atoms with Crippen molar-refractivity contribution < 1.29 is 4.79 Å². The zero-order valence-electron chi connectivity index (χ0n) is 11.7. The SMILES string of the molecule is O=C(c1ccccc1)c1sccc1CC1CCCCC1. The molecule has 0 amide bonds. The number of benzene rings is 1. The molecule has 0 bridgehead atoms. The first-order chi connectivity index (χ1) is 9.84. The highest BCUT2D eigenvalue weighted by molar-refractivity contribution is 7.12.